The normalized spacial score (nSPS) is 50.5. The van der Waals surface area contributed by atoms with Crippen LogP contribution in [0.15, 0.2) is 11.6 Å². The van der Waals surface area contributed by atoms with Gasteiger partial charge in [0.05, 0.1) is 12.2 Å². The summed E-state index contributed by atoms with van der Waals surface area (Å²) in [6.45, 7) is 9.21. The van der Waals surface area contributed by atoms with E-state index in [4.69, 9.17) is 5.11 Å². The Bertz CT molecular complexity index is 701. The van der Waals surface area contributed by atoms with Gasteiger partial charge in [0.15, 0.2) is 0 Å². The summed E-state index contributed by atoms with van der Waals surface area (Å²) in [4.78, 5) is 11.1. The highest BCUT2D eigenvalue weighted by molar-refractivity contribution is 5.66. The summed E-state index contributed by atoms with van der Waals surface area (Å²) in [5, 5.41) is 31.2. The fourth-order valence-electron chi connectivity index (χ4n) is 9.00. The van der Waals surface area contributed by atoms with Gasteiger partial charge in [-0.05, 0) is 110 Å². The third-order valence-electron chi connectivity index (χ3n) is 10.5. The average molecular weight is 419 g/mol. The monoisotopic (exact) mass is 418 g/mol. The first-order chi connectivity index (χ1) is 14.1. The van der Waals surface area contributed by atoms with Crippen LogP contribution in [-0.2, 0) is 4.79 Å². The standard InChI is InChI=1S/C26H42O4/c1-5-17-21-14-16(27)10-12-26(21,4)20-11-13-25(3)18(15(2)6-9-22(28)29)7-8-19(25)23(20)24(17)30/h5,15-16,18-21,23-24,27,30H,6-14H2,1-4H3,(H,28,29)/b17-5+/t15-,16-,18?,19?,20?,21+,23?,24?,25-,26-/m1/s1. The number of rotatable bonds is 4. The lowest BCUT2D eigenvalue weighted by Crippen LogP contribution is -2.59. The molecule has 0 saturated heterocycles. The Balaban J connectivity index is 1.63. The summed E-state index contributed by atoms with van der Waals surface area (Å²) in [7, 11) is 0. The predicted molar refractivity (Wildman–Crippen MR) is 118 cm³/mol. The van der Waals surface area contributed by atoms with Crippen LogP contribution in [0.3, 0.4) is 0 Å². The van der Waals surface area contributed by atoms with Gasteiger partial charge in [0.25, 0.3) is 0 Å². The minimum atomic E-state index is -0.691. The molecule has 0 heterocycles. The topological polar surface area (TPSA) is 77.8 Å². The smallest absolute Gasteiger partial charge is 0.303 e. The van der Waals surface area contributed by atoms with Gasteiger partial charge in [-0.3, -0.25) is 4.79 Å². The lowest BCUT2D eigenvalue weighted by Gasteiger charge is -2.63. The summed E-state index contributed by atoms with van der Waals surface area (Å²) in [6, 6.07) is 0. The number of aliphatic hydroxyl groups is 2. The minimum Gasteiger partial charge on any atom is -0.481 e. The van der Waals surface area contributed by atoms with Gasteiger partial charge in [0.2, 0.25) is 0 Å². The van der Waals surface area contributed by atoms with Crippen LogP contribution in [0.4, 0.5) is 0 Å². The number of hydrogen-bond donors (Lipinski definition) is 3. The van der Waals surface area contributed by atoms with Gasteiger partial charge >= 0.3 is 5.97 Å². The first kappa shape index (κ1) is 22.3. The summed E-state index contributed by atoms with van der Waals surface area (Å²) in [6.07, 6.45) is 9.99. The fraction of sp³-hybridized carbons (Fsp3) is 0.885. The number of allylic oxidation sites excluding steroid dienone is 1. The Morgan fingerprint density at radius 1 is 1.10 bits per heavy atom. The molecule has 0 aromatic rings. The Labute approximate surface area is 182 Å². The molecule has 0 spiro atoms. The molecule has 0 aromatic heterocycles. The minimum absolute atomic E-state index is 0.180. The van der Waals surface area contributed by atoms with Gasteiger partial charge < -0.3 is 15.3 Å². The maximum atomic E-state index is 11.6. The molecule has 4 saturated carbocycles. The van der Waals surface area contributed by atoms with E-state index in [2.05, 4.69) is 33.8 Å². The van der Waals surface area contributed by atoms with Crippen LogP contribution in [0.1, 0.15) is 85.5 Å². The van der Waals surface area contributed by atoms with Crippen molar-refractivity contribution in [3.8, 4) is 0 Å². The molecule has 4 rings (SSSR count). The van der Waals surface area contributed by atoms with Gasteiger partial charge in [-0.25, -0.2) is 0 Å². The predicted octanol–water partition coefficient (Wildman–Crippen LogP) is 5.03. The van der Waals surface area contributed by atoms with E-state index < -0.39 is 5.97 Å². The molecule has 0 bridgehead atoms. The third-order valence-corrected chi connectivity index (χ3v) is 10.5. The fourth-order valence-corrected chi connectivity index (χ4v) is 9.00. The van der Waals surface area contributed by atoms with E-state index in [1.54, 1.807) is 0 Å². The van der Waals surface area contributed by atoms with Crippen LogP contribution in [0.2, 0.25) is 0 Å². The number of hydrogen-bond acceptors (Lipinski definition) is 3. The molecule has 0 amide bonds. The number of aliphatic carboxylic acids is 1. The van der Waals surface area contributed by atoms with Gasteiger partial charge in [-0.2, -0.15) is 0 Å². The maximum absolute atomic E-state index is 11.6. The quantitative estimate of drug-likeness (QED) is 0.559. The number of fused-ring (bicyclic) bond motifs is 5. The lowest BCUT2D eigenvalue weighted by atomic mass is 9.42. The van der Waals surface area contributed by atoms with Crippen molar-refractivity contribution in [2.75, 3.05) is 0 Å². The molecule has 3 N–H and O–H groups in total. The molecule has 30 heavy (non-hydrogen) atoms. The van der Waals surface area contributed by atoms with E-state index in [0.29, 0.717) is 35.5 Å². The molecule has 10 atom stereocenters. The zero-order valence-corrected chi connectivity index (χ0v) is 19.3. The molecule has 5 unspecified atom stereocenters. The molecule has 4 aliphatic carbocycles. The van der Waals surface area contributed by atoms with Crippen molar-refractivity contribution in [2.45, 2.75) is 97.7 Å². The average Bonchev–Trinajstić information content (AvgIpc) is 3.05. The van der Waals surface area contributed by atoms with E-state index in [-0.39, 0.29) is 29.5 Å². The van der Waals surface area contributed by atoms with Crippen molar-refractivity contribution in [1.29, 1.82) is 0 Å². The number of aliphatic hydroxyl groups excluding tert-OH is 2. The van der Waals surface area contributed by atoms with E-state index in [1.165, 1.54) is 18.4 Å². The Kier molecular flexibility index (Phi) is 5.89. The Morgan fingerprint density at radius 2 is 1.77 bits per heavy atom. The van der Waals surface area contributed by atoms with Crippen molar-refractivity contribution in [2.24, 2.45) is 46.3 Å². The largest absolute Gasteiger partial charge is 0.481 e. The van der Waals surface area contributed by atoms with Gasteiger partial charge in [-0.1, -0.05) is 26.8 Å². The zero-order chi connectivity index (χ0) is 21.8. The van der Waals surface area contributed by atoms with Gasteiger partial charge in [-0.15, -0.1) is 0 Å². The zero-order valence-electron chi connectivity index (χ0n) is 19.3. The number of carboxylic acids is 1. The molecular formula is C26H42O4. The molecule has 4 aliphatic rings. The highest BCUT2D eigenvalue weighted by atomic mass is 16.4. The second kappa shape index (κ2) is 7.92. The summed E-state index contributed by atoms with van der Waals surface area (Å²) < 4.78 is 0. The van der Waals surface area contributed by atoms with Crippen molar-refractivity contribution < 1.29 is 20.1 Å². The van der Waals surface area contributed by atoms with Crippen LogP contribution >= 0.6 is 0 Å². The molecule has 0 aromatic carbocycles. The SMILES string of the molecule is C/C=C1/C(O)C2C3CCC([C@H](C)CCC(=O)O)[C@@]3(C)CCC2[C@@]2(C)CC[C@@H](O)C[C@@H]12. The van der Waals surface area contributed by atoms with Crippen LogP contribution in [-0.4, -0.2) is 33.5 Å². The molecule has 170 valence electrons. The molecule has 0 radical (unpaired) electrons. The maximum Gasteiger partial charge on any atom is 0.303 e. The molecular weight excluding hydrogens is 376 g/mol. The molecule has 0 aliphatic heterocycles. The Hall–Kier alpha value is -0.870. The highest BCUT2D eigenvalue weighted by Gasteiger charge is 2.63. The van der Waals surface area contributed by atoms with Crippen LogP contribution < -0.4 is 0 Å². The molecule has 4 fully saturated rings. The summed E-state index contributed by atoms with van der Waals surface area (Å²) in [5.74, 6) is 1.94. The van der Waals surface area contributed by atoms with Crippen molar-refractivity contribution >= 4 is 5.97 Å². The highest BCUT2D eigenvalue weighted by Crippen LogP contribution is 2.69. The second-order valence-electron chi connectivity index (χ2n) is 11.6. The van der Waals surface area contributed by atoms with Crippen LogP contribution in [0.25, 0.3) is 0 Å². The summed E-state index contributed by atoms with van der Waals surface area (Å²) >= 11 is 0. The van der Waals surface area contributed by atoms with E-state index in [0.717, 1.165) is 38.5 Å². The first-order valence-corrected chi connectivity index (χ1v) is 12.4. The van der Waals surface area contributed by atoms with Crippen molar-refractivity contribution in [3.63, 3.8) is 0 Å². The molecule has 4 nitrogen and oxygen atoms in total. The number of carboxylic acid groups (broad SMARTS) is 1. The van der Waals surface area contributed by atoms with Crippen molar-refractivity contribution in [1.82, 2.24) is 0 Å². The van der Waals surface area contributed by atoms with Crippen LogP contribution in [0.5, 0.6) is 0 Å². The van der Waals surface area contributed by atoms with E-state index in [1.807, 2.05) is 0 Å². The van der Waals surface area contributed by atoms with Crippen LogP contribution in [0, 0.1) is 46.3 Å². The third kappa shape index (κ3) is 3.28. The van der Waals surface area contributed by atoms with Crippen molar-refractivity contribution in [3.05, 3.63) is 11.6 Å². The summed E-state index contributed by atoms with van der Waals surface area (Å²) in [5.41, 5.74) is 1.57. The second-order valence-corrected chi connectivity index (χ2v) is 11.6. The Morgan fingerprint density at radius 3 is 2.43 bits per heavy atom. The van der Waals surface area contributed by atoms with Gasteiger partial charge in [0.1, 0.15) is 0 Å². The van der Waals surface area contributed by atoms with E-state index in [9.17, 15) is 15.0 Å². The lowest BCUT2D eigenvalue weighted by molar-refractivity contribution is -0.147. The van der Waals surface area contributed by atoms with Gasteiger partial charge in [0, 0.05) is 6.42 Å². The first-order valence-electron chi connectivity index (χ1n) is 12.4. The van der Waals surface area contributed by atoms with E-state index >= 15 is 0 Å². The number of carbonyl (C=O) groups is 1. The molecule has 4 heteroatoms.